The van der Waals surface area contributed by atoms with Crippen molar-refractivity contribution in [2.24, 2.45) is 0 Å². The average Bonchev–Trinajstić information content (AvgIpc) is 2.62. The van der Waals surface area contributed by atoms with E-state index in [4.69, 9.17) is 5.73 Å². The van der Waals surface area contributed by atoms with Gasteiger partial charge in [-0.15, -0.1) is 0 Å². The van der Waals surface area contributed by atoms with Crippen molar-refractivity contribution in [3.8, 4) is 5.69 Å². The van der Waals surface area contributed by atoms with Gasteiger partial charge in [-0.1, -0.05) is 0 Å². The lowest BCUT2D eigenvalue weighted by Gasteiger charge is -2.09. The number of nitrogen functional groups attached to an aromatic ring is 1. The molecular formula is C11H12F2N4. The third-order valence-electron chi connectivity index (χ3n) is 2.28. The second kappa shape index (κ2) is 4.40. The van der Waals surface area contributed by atoms with Crippen molar-refractivity contribution in [3.63, 3.8) is 0 Å². The van der Waals surface area contributed by atoms with Gasteiger partial charge in [-0.3, -0.25) is 0 Å². The summed E-state index contributed by atoms with van der Waals surface area (Å²) in [5.41, 5.74) is 6.27. The van der Waals surface area contributed by atoms with Crippen LogP contribution in [0, 0.1) is 11.6 Å². The fourth-order valence-corrected chi connectivity index (χ4v) is 1.54. The molecule has 0 fully saturated rings. The second-order valence-electron chi connectivity index (χ2n) is 3.49. The first kappa shape index (κ1) is 11.4. The molecule has 3 N–H and O–H groups in total. The highest BCUT2D eigenvalue weighted by molar-refractivity contribution is 5.63. The molecule has 1 heterocycles. The number of halogens is 2. The van der Waals surface area contributed by atoms with Crippen LogP contribution in [-0.2, 0) is 0 Å². The van der Waals surface area contributed by atoms with Gasteiger partial charge in [-0.25, -0.2) is 13.5 Å². The lowest BCUT2D eigenvalue weighted by atomic mass is 10.3. The summed E-state index contributed by atoms with van der Waals surface area (Å²) in [7, 11) is 0. The first-order chi connectivity index (χ1) is 8.13. The Bertz CT molecular complexity index is 536. The third kappa shape index (κ3) is 2.06. The Morgan fingerprint density at radius 2 is 2.18 bits per heavy atom. The molecule has 0 spiro atoms. The van der Waals surface area contributed by atoms with E-state index in [1.807, 2.05) is 6.92 Å². The van der Waals surface area contributed by atoms with Crippen LogP contribution < -0.4 is 11.1 Å². The second-order valence-corrected chi connectivity index (χ2v) is 3.49. The van der Waals surface area contributed by atoms with Gasteiger partial charge in [0.05, 0.1) is 11.9 Å². The minimum atomic E-state index is -0.688. The summed E-state index contributed by atoms with van der Waals surface area (Å²) in [4.78, 5) is 0. The molecule has 0 bridgehead atoms. The fraction of sp³-hybridized carbons (Fsp3) is 0.182. The first-order valence-electron chi connectivity index (χ1n) is 5.16. The Balaban J connectivity index is 2.52. The molecule has 6 heteroatoms. The summed E-state index contributed by atoms with van der Waals surface area (Å²) in [6.07, 6.45) is 1.42. The van der Waals surface area contributed by atoms with E-state index in [0.29, 0.717) is 18.1 Å². The molecule has 0 saturated heterocycles. The van der Waals surface area contributed by atoms with Gasteiger partial charge < -0.3 is 11.1 Å². The Hall–Kier alpha value is -2.11. The number of anilines is 2. The van der Waals surface area contributed by atoms with Crippen LogP contribution in [0.25, 0.3) is 5.69 Å². The smallest absolute Gasteiger partial charge is 0.153 e. The monoisotopic (exact) mass is 238 g/mol. The van der Waals surface area contributed by atoms with Crippen LogP contribution in [0.5, 0.6) is 0 Å². The van der Waals surface area contributed by atoms with Gasteiger partial charge in [-0.05, 0) is 19.1 Å². The molecule has 0 aliphatic heterocycles. The summed E-state index contributed by atoms with van der Waals surface area (Å²) in [6.45, 7) is 2.51. The van der Waals surface area contributed by atoms with Crippen LogP contribution in [0.4, 0.5) is 20.3 Å². The fourth-order valence-electron chi connectivity index (χ4n) is 1.54. The van der Waals surface area contributed by atoms with E-state index in [-0.39, 0.29) is 5.69 Å². The predicted octanol–water partition coefficient (Wildman–Crippen LogP) is 2.16. The van der Waals surface area contributed by atoms with Crippen LogP contribution in [0.1, 0.15) is 6.92 Å². The first-order valence-corrected chi connectivity index (χ1v) is 5.16. The number of nitrogens with one attached hydrogen (secondary N) is 1. The van der Waals surface area contributed by atoms with E-state index in [1.165, 1.54) is 23.0 Å². The van der Waals surface area contributed by atoms with Crippen molar-refractivity contribution < 1.29 is 8.78 Å². The normalized spacial score (nSPS) is 10.5. The number of hydrogen-bond donors (Lipinski definition) is 2. The average molecular weight is 238 g/mol. The molecule has 1 aromatic heterocycles. The van der Waals surface area contributed by atoms with Crippen molar-refractivity contribution in [2.45, 2.75) is 6.92 Å². The molecule has 1 aromatic carbocycles. The van der Waals surface area contributed by atoms with E-state index in [9.17, 15) is 8.78 Å². The summed E-state index contributed by atoms with van der Waals surface area (Å²) in [5.74, 6) is -0.818. The lowest BCUT2D eigenvalue weighted by molar-refractivity contribution is 0.574. The van der Waals surface area contributed by atoms with E-state index in [2.05, 4.69) is 10.4 Å². The number of nitrogens with two attached hydrogens (primary N) is 1. The molecular weight excluding hydrogens is 226 g/mol. The van der Waals surface area contributed by atoms with Crippen LogP contribution in [0.15, 0.2) is 24.4 Å². The zero-order valence-electron chi connectivity index (χ0n) is 9.24. The van der Waals surface area contributed by atoms with E-state index in [0.717, 1.165) is 6.07 Å². The summed E-state index contributed by atoms with van der Waals surface area (Å²) < 4.78 is 27.7. The number of hydrogen-bond acceptors (Lipinski definition) is 3. The van der Waals surface area contributed by atoms with Crippen LogP contribution >= 0.6 is 0 Å². The minimum absolute atomic E-state index is 0.152. The molecule has 2 aromatic rings. The lowest BCUT2D eigenvalue weighted by Crippen LogP contribution is -2.08. The maximum Gasteiger partial charge on any atom is 0.153 e. The largest absolute Gasteiger partial charge is 0.394 e. The van der Waals surface area contributed by atoms with E-state index in [1.54, 1.807) is 0 Å². The summed E-state index contributed by atoms with van der Waals surface area (Å²) in [5, 5.41) is 6.94. The molecule has 0 unspecified atom stereocenters. The highest BCUT2D eigenvalue weighted by Crippen LogP contribution is 2.23. The van der Waals surface area contributed by atoms with Crippen molar-refractivity contribution in [3.05, 3.63) is 36.0 Å². The van der Waals surface area contributed by atoms with Crippen molar-refractivity contribution >= 4 is 11.5 Å². The molecule has 4 nitrogen and oxygen atoms in total. The summed E-state index contributed by atoms with van der Waals surface area (Å²) >= 11 is 0. The number of rotatable bonds is 3. The summed E-state index contributed by atoms with van der Waals surface area (Å²) in [6, 6.07) is 3.30. The van der Waals surface area contributed by atoms with Crippen molar-refractivity contribution in [2.75, 3.05) is 17.6 Å². The van der Waals surface area contributed by atoms with Crippen molar-refractivity contribution in [1.82, 2.24) is 9.78 Å². The van der Waals surface area contributed by atoms with Gasteiger partial charge in [0.25, 0.3) is 0 Å². The Labute approximate surface area is 97.0 Å². The molecule has 0 radical (unpaired) electrons. The molecule has 90 valence electrons. The Morgan fingerprint density at radius 1 is 1.41 bits per heavy atom. The highest BCUT2D eigenvalue weighted by Gasteiger charge is 2.13. The molecule has 0 aliphatic rings. The molecule has 0 saturated carbocycles. The maximum absolute atomic E-state index is 13.6. The third-order valence-corrected chi connectivity index (χ3v) is 2.28. The minimum Gasteiger partial charge on any atom is -0.394 e. The Morgan fingerprint density at radius 3 is 2.82 bits per heavy atom. The topological polar surface area (TPSA) is 55.9 Å². The Kier molecular flexibility index (Phi) is 2.95. The number of benzene rings is 1. The van der Waals surface area contributed by atoms with Gasteiger partial charge in [0.15, 0.2) is 11.6 Å². The van der Waals surface area contributed by atoms with Gasteiger partial charge >= 0.3 is 0 Å². The van der Waals surface area contributed by atoms with Gasteiger partial charge in [0, 0.05) is 12.6 Å². The van der Waals surface area contributed by atoms with Gasteiger partial charge in [-0.2, -0.15) is 5.10 Å². The molecule has 17 heavy (non-hydrogen) atoms. The van der Waals surface area contributed by atoms with E-state index >= 15 is 0 Å². The van der Waals surface area contributed by atoms with E-state index < -0.39 is 11.6 Å². The SMILES string of the molecule is CCNc1c(N)cnn1-c1ccc(F)cc1F. The maximum atomic E-state index is 13.6. The number of aromatic nitrogens is 2. The standard InChI is InChI=1S/C11H12F2N4/c1-2-15-11-9(14)6-16-17(11)10-4-3-7(12)5-8(10)13/h3-6,15H,2,14H2,1H3. The molecule has 0 amide bonds. The zero-order chi connectivity index (χ0) is 12.4. The number of nitrogens with zero attached hydrogens (tertiary/aromatic N) is 2. The zero-order valence-corrected chi connectivity index (χ0v) is 9.24. The van der Waals surface area contributed by atoms with Gasteiger partial charge in [0.2, 0.25) is 0 Å². The van der Waals surface area contributed by atoms with Crippen LogP contribution in [0.2, 0.25) is 0 Å². The predicted molar refractivity (Wildman–Crippen MR) is 62.1 cm³/mol. The van der Waals surface area contributed by atoms with Crippen LogP contribution in [0.3, 0.4) is 0 Å². The quantitative estimate of drug-likeness (QED) is 0.861. The molecule has 0 aliphatic carbocycles. The molecule has 0 atom stereocenters. The van der Waals surface area contributed by atoms with Crippen LogP contribution in [-0.4, -0.2) is 16.3 Å². The van der Waals surface area contributed by atoms with Gasteiger partial charge in [0.1, 0.15) is 11.5 Å². The van der Waals surface area contributed by atoms with Crippen molar-refractivity contribution in [1.29, 1.82) is 0 Å². The molecule has 2 rings (SSSR count). The highest BCUT2D eigenvalue weighted by atomic mass is 19.1.